The van der Waals surface area contributed by atoms with Gasteiger partial charge in [0.15, 0.2) is 0 Å². The molecular formula is C23H22FN3O2. The number of amides is 2. The lowest BCUT2D eigenvalue weighted by Crippen LogP contribution is -2.23. The Balaban J connectivity index is 1.63. The van der Waals surface area contributed by atoms with Crippen molar-refractivity contribution in [2.45, 2.75) is 6.54 Å². The summed E-state index contributed by atoms with van der Waals surface area (Å²) in [4.78, 5) is 26.9. The molecule has 29 heavy (non-hydrogen) atoms. The Morgan fingerprint density at radius 2 is 1.48 bits per heavy atom. The quantitative estimate of drug-likeness (QED) is 0.666. The van der Waals surface area contributed by atoms with Gasteiger partial charge in [0.05, 0.1) is 0 Å². The monoisotopic (exact) mass is 391 g/mol. The second kappa shape index (κ2) is 9.01. The maximum atomic E-state index is 13.0. The Kier molecular flexibility index (Phi) is 6.24. The van der Waals surface area contributed by atoms with Gasteiger partial charge in [-0.2, -0.15) is 0 Å². The van der Waals surface area contributed by atoms with Crippen LogP contribution in [-0.4, -0.2) is 25.9 Å². The van der Waals surface area contributed by atoms with Crippen LogP contribution < -0.4 is 15.5 Å². The van der Waals surface area contributed by atoms with Gasteiger partial charge in [-0.05, 0) is 60.2 Å². The summed E-state index contributed by atoms with van der Waals surface area (Å²) in [6.07, 6.45) is 0. The number of halogens is 1. The van der Waals surface area contributed by atoms with E-state index in [9.17, 15) is 14.0 Å². The number of carbonyl (C=O) groups excluding carboxylic acids is 2. The van der Waals surface area contributed by atoms with Crippen molar-refractivity contribution in [3.8, 4) is 0 Å². The van der Waals surface area contributed by atoms with Crippen molar-refractivity contribution in [2.24, 2.45) is 0 Å². The molecule has 0 saturated carbocycles. The molecule has 5 nitrogen and oxygen atoms in total. The Morgan fingerprint density at radius 3 is 2.10 bits per heavy atom. The molecule has 0 radical (unpaired) electrons. The molecule has 0 aliphatic carbocycles. The van der Waals surface area contributed by atoms with Crippen LogP contribution >= 0.6 is 0 Å². The number of nitrogens with zero attached hydrogens (tertiary/aromatic N) is 1. The SMILES string of the molecule is CN(C)c1ccc(NC(=O)c2cccc(C(=O)NCc3ccc(F)cc3)c2)cc1. The second-order valence-electron chi connectivity index (χ2n) is 6.79. The molecule has 2 amide bonds. The molecule has 0 atom stereocenters. The number of hydrogen-bond donors (Lipinski definition) is 2. The Morgan fingerprint density at radius 1 is 0.862 bits per heavy atom. The first kappa shape index (κ1) is 20.1. The largest absolute Gasteiger partial charge is 0.378 e. The van der Waals surface area contributed by atoms with E-state index >= 15 is 0 Å². The van der Waals surface area contributed by atoms with Crippen LogP contribution in [0.4, 0.5) is 15.8 Å². The summed E-state index contributed by atoms with van der Waals surface area (Å²) in [5.74, 6) is -0.926. The van der Waals surface area contributed by atoms with Gasteiger partial charge in [0.25, 0.3) is 11.8 Å². The molecule has 6 heteroatoms. The number of rotatable bonds is 6. The Bertz CT molecular complexity index is 999. The highest BCUT2D eigenvalue weighted by Gasteiger charge is 2.11. The van der Waals surface area contributed by atoms with Gasteiger partial charge in [-0.25, -0.2) is 4.39 Å². The summed E-state index contributed by atoms with van der Waals surface area (Å²) >= 11 is 0. The minimum atomic E-state index is -0.324. The smallest absolute Gasteiger partial charge is 0.255 e. The zero-order valence-corrected chi connectivity index (χ0v) is 16.3. The Hall–Kier alpha value is -3.67. The molecule has 0 unspecified atom stereocenters. The third-order valence-electron chi connectivity index (χ3n) is 4.39. The van der Waals surface area contributed by atoms with Crippen LogP contribution in [0.15, 0.2) is 72.8 Å². The van der Waals surface area contributed by atoms with E-state index in [2.05, 4.69) is 10.6 Å². The van der Waals surface area contributed by atoms with Gasteiger partial charge in [-0.1, -0.05) is 18.2 Å². The molecule has 0 saturated heterocycles. The molecule has 0 heterocycles. The number of benzene rings is 3. The highest BCUT2D eigenvalue weighted by Crippen LogP contribution is 2.17. The predicted molar refractivity (Wildman–Crippen MR) is 113 cm³/mol. The zero-order valence-electron chi connectivity index (χ0n) is 16.3. The minimum Gasteiger partial charge on any atom is -0.378 e. The fourth-order valence-electron chi connectivity index (χ4n) is 2.73. The third kappa shape index (κ3) is 5.42. The lowest BCUT2D eigenvalue weighted by molar-refractivity contribution is 0.0951. The van der Waals surface area contributed by atoms with Crippen LogP contribution in [0.5, 0.6) is 0 Å². The normalized spacial score (nSPS) is 10.3. The number of nitrogens with one attached hydrogen (secondary N) is 2. The topological polar surface area (TPSA) is 61.4 Å². The van der Waals surface area contributed by atoms with E-state index in [1.54, 1.807) is 36.4 Å². The average molecular weight is 391 g/mol. The van der Waals surface area contributed by atoms with Crippen LogP contribution in [-0.2, 0) is 6.54 Å². The third-order valence-corrected chi connectivity index (χ3v) is 4.39. The molecule has 3 aromatic rings. The summed E-state index contributed by atoms with van der Waals surface area (Å²) < 4.78 is 13.0. The van der Waals surface area contributed by atoms with Crippen LogP contribution in [0.1, 0.15) is 26.3 Å². The summed E-state index contributed by atoms with van der Waals surface area (Å²) in [5, 5.41) is 5.60. The first-order valence-corrected chi connectivity index (χ1v) is 9.14. The van der Waals surface area contributed by atoms with E-state index in [1.807, 2.05) is 43.3 Å². The van der Waals surface area contributed by atoms with E-state index in [0.717, 1.165) is 11.3 Å². The van der Waals surface area contributed by atoms with Gasteiger partial charge in [0, 0.05) is 43.1 Å². The van der Waals surface area contributed by atoms with Gasteiger partial charge in [-0.15, -0.1) is 0 Å². The van der Waals surface area contributed by atoms with Gasteiger partial charge >= 0.3 is 0 Å². The number of hydrogen-bond acceptors (Lipinski definition) is 3. The van der Waals surface area contributed by atoms with E-state index in [-0.39, 0.29) is 24.2 Å². The summed E-state index contributed by atoms with van der Waals surface area (Å²) in [6.45, 7) is 0.272. The Labute approximate surface area is 169 Å². The fourth-order valence-corrected chi connectivity index (χ4v) is 2.73. The number of carbonyl (C=O) groups is 2. The molecule has 0 aromatic heterocycles. The van der Waals surface area contributed by atoms with Gasteiger partial charge in [0.2, 0.25) is 0 Å². The molecule has 0 bridgehead atoms. The molecule has 148 valence electrons. The van der Waals surface area contributed by atoms with E-state index < -0.39 is 0 Å². The zero-order chi connectivity index (χ0) is 20.8. The molecule has 0 aliphatic rings. The van der Waals surface area contributed by atoms with Crippen LogP contribution in [0.2, 0.25) is 0 Å². The van der Waals surface area contributed by atoms with Crippen molar-refractivity contribution in [2.75, 3.05) is 24.3 Å². The maximum Gasteiger partial charge on any atom is 0.255 e. The van der Waals surface area contributed by atoms with Crippen molar-refractivity contribution >= 4 is 23.2 Å². The molecule has 0 spiro atoms. The molecule has 2 N–H and O–H groups in total. The van der Waals surface area contributed by atoms with Crippen LogP contribution in [0.3, 0.4) is 0 Å². The summed E-state index contributed by atoms with van der Waals surface area (Å²) in [5.41, 5.74) is 3.25. The van der Waals surface area contributed by atoms with Crippen molar-refractivity contribution < 1.29 is 14.0 Å². The van der Waals surface area contributed by atoms with Crippen LogP contribution in [0, 0.1) is 5.82 Å². The van der Waals surface area contributed by atoms with Crippen LogP contribution in [0.25, 0.3) is 0 Å². The lowest BCUT2D eigenvalue weighted by Gasteiger charge is -2.13. The molecular weight excluding hydrogens is 369 g/mol. The van der Waals surface area contributed by atoms with E-state index in [4.69, 9.17) is 0 Å². The standard InChI is InChI=1S/C23H22FN3O2/c1-27(2)21-12-10-20(11-13-21)26-23(29)18-5-3-4-17(14-18)22(28)25-15-16-6-8-19(24)9-7-16/h3-14H,15H2,1-2H3,(H,25,28)(H,26,29). The second-order valence-corrected chi connectivity index (χ2v) is 6.79. The van der Waals surface area contributed by atoms with E-state index in [0.29, 0.717) is 16.8 Å². The highest BCUT2D eigenvalue weighted by atomic mass is 19.1. The van der Waals surface area contributed by atoms with Crippen molar-refractivity contribution in [1.82, 2.24) is 5.32 Å². The first-order chi connectivity index (χ1) is 13.9. The number of anilines is 2. The fraction of sp³-hybridized carbons (Fsp3) is 0.130. The molecule has 3 rings (SSSR count). The minimum absolute atomic E-state index is 0.272. The maximum absolute atomic E-state index is 13.0. The first-order valence-electron chi connectivity index (χ1n) is 9.14. The van der Waals surface area contributed by atoms with Crippen molar-refractivity contribution in [3.63, 3.8) is 0 Å². The van der Waals surface area contributed by atoms with Gasteiger partial charge in [-0.3, -0.25) is 9.59 Å². The molecule has 0 aliphatic heterocycles. The summed E-state index contributed by atoms with van der Waals surface area (Å²) in [7, 11) is 3.89. The lowest BCUT2D eigenvalue weighted by atomic mass is 10.1. The van der Waals surface area contributed by atoms with Gasteiger partial charge < -0.3 is 15.5 Å². The van der Waals surface area contributed by atoms with Gasteiger partial charge in [0.1, 0.15) is 5.82 Å². The molecule has 0 fully saturated rings. The van der Waals surface area contributed by atoms with E-state index in [1.165, 1.54) is 12.1 Å². The van der Waals surface area contributed by atoms with Crippen molar-refractivity contribution in [1.29, 1.82) is 0 Å². The molecule has 3 aromatic carbocycles. The predicted octanol–water partition coefficient (Wildman–Crippen LogP) is 4.07. The average Bonchev–Trinajstić information content (AvgIpc) is 2.73. The summed E-state index contributed by atoms with van der Waals surface area (Å²) in [6, 6.07) is 19.9. The van der Waals surface area contributed by atoms with Crippen molar-refractivity contribution in [3.05, 3.63) is 95.3 Å². The highest BCUT2D eigenvalue weighted by molar-refractivity contribution is 6.06.